The Kier molecular flexibility index (Phi) is 6.52. The Bertz CT molecular complexity index is 1260. The van der Waals surface area contributed by atoms with Gasteiger partial charge < -0.3 is 10.1 Å². The Balaban J connectivity index is 1.87. The highest BCUT2D eigenvalue weighted by Crippen LogP contribution is 2.36. The monoisotopic (exact) mass is 442 g/mol. The lowest BCUT2D eigenvalue weighted by atomic mass is 10.0. The molecule has 1 aromatic heterocycles. The molecule has 0 saturated carbocycles. The fourth-order valence-electron chi connectivity index (χ4n) is 3.66. The Morgan fingerprint density at radius 2 is 1.53 bits per heavy atom. The van der Waals surface area contributed by atoms with Gasteiger partial charge in [0.25, 0.3) is 5.91 Å². The van der Waals surface area contributed by atoms with Crippen LogP contribution in [0.1, 0.15) is 22.0 Å². The molecular weight excluding hydrogens is 420 g/mol. The van der Waals surface area contributed by atoms with Crippen LogP contribution in [0.4, 0.5) is 0 Å². The summed E-state index contributed by atoms with van der Waals surface area (Å²) in [7, 11) is 1.31. The highest BCUT2D eigenvalue weighted by molar-refractivity contribution is 7.98. The number of rotatable bonds is 6. The van der Waals surface area contributed by atoms with Crippen molar-refractivity contribution in [3.63, 3.8) is 0 Å². The maximum absolute atomic E-state index is 13.7. The van der Waals surface area contributed by atoms with Gasteiger partial charge in [-0.05, 0) is 17.9 Å². The van der Waals surface area contributed by atoms with E-state index in [2.05, 4.69) is 5.32 Å². The maximum atomic E-state index is 13.7. The van der Waals surface area contributed by atoms with Crippen molar-refractivity contribution < 1.29 is 14.3 Å². The van der Waals surface area contributed by atoms with E-state index >= 15 is 0 Å². The molecule has 1 heterocycles. The average molecular weight is 443 g/mol. The average Bonchev–Trinajstić information content (AvgIpc) is 2.86. The van der Waals surface area contributed by atoms with Crippen molar-refractivity contribution in [1.29, 1.82) is 0 Å². The second-order valence-corrected chi connectivity index (χ2v) is 7.91. The van der Waals surface area contributed by atoms with Crippen molar-refractivity contribution >= 4 is 34.5 Å². The third kappa shape index (κ3) is 4.22. The number of hydrogen-bond donors (Lipinski definition) is 1. The zero-order valence-corrected chi connectivity index (χ0v) is 18.6. The number of thioether (sulfide) groups is 1. The number of amides is 1. The van der Waals surface area contributed by atoms with E-state index in [1.165, 1.54) is 18.9 Å². The number of hydrogen-bond acceptors (Lipinski definition) is 5. The van der Waals surface area contributed by atoms with E-state index in [-0.39, 0.29) is 5.91 Å². The molecule has 1 N–H and O–H groups in total. The first-order valence-electron chi connectivity index (χ1n) is 10.1. The molecule has 0 radical (unpaired) electrons. The number of methoxy groups -OCH3 is 1. The van der Waals surface area contributed by atoms with Gasteiger partial charge in [-0.3, -0.25) is 4.79 Å². The first-order chi connectivity index (χ1) is 15.6. The number of para-hydroxylation sites is 1. The summed E-state index contributed by atoms with van der Waals surface area (Å²) in [6, 6.07) is 25.5. The molecule has 4 rings (SSSR count). The molecule has 0 aliphatic rings. The van der Waals surface area contributed by atoms with Gasteiger partial charge in [0.1, 0.15) is 0 Å². The van der Waals surface area contributed by atoms with Gasteiger partial charge in [-0.25, -0.2) is 9.78 Å². The van der Waals surface area contributed by atoms with Crippen molar-refractivity contribution in [2.75, 3.05) is 13.4 Å². The topological polar surface area (TPSA) is 68.3 Å². The van der Waals surface area contributed by atoms with E-state index in [0.717, 1.165) is 21.5 Å². The number of nitrogens with one attached hydrogen (secondary N) is 1. The summed E-state index contributed by atoms with van der Waals surface area (Å²) in [5.41, 5.74) is 3.51. The Morgan fingerprint density at radius 1 is 0.906 bits per heavy atom. The summed E-state index contributed by atoms with van der Waals surface area (Å²) >= 11 is 1.46. The summed E-state index contributed by atoms with van der Waals surface area (Å²) in [6.45, 7) is 0. The lowest BCUT2D eigenvalue weighted by molar-refractivity contribution is -0.143. The second kappa shape index (κ2) is 9.66. The van der Waals surface area contributed by atoms with Crippen LogP contribution in [0.3, 0.4) is 0 Å². The van der Waals surface area contributed by atoms with Gasteiger partial charge in [0, 0.05) is 15.8 Å². The van der Waals surface area contributed by atoms with Gasteiger partial charge in [0.2, 0.25) is 0 Å². The van der Waals surface area contributed by atoms with Gasteiger partial charge in [0.05, 0.1) is 23.9 Å². The molecular formula is C26H22N2O3S. The first kappa shape index (κ1) is 21.6. The number of nitrogens with zero attached hydrogens (tertiary/aromatic N) is 1. The minimum atomic E-state index is -0.921. The van der Waals surface area contributed by atoms with Crippen LogP contribution in [0.5, 0.6) is 0 Å². The fourth-order valence-corrected chi connectivity index (χ4v) is 4.42. The smallest absolute Gasteiger partial charge is 0.333 e. The molecule has 4 aromatic rings. The Hall–Kier alpha value is -3.64. The molecule has 6 heteroatoms. The molecule has 160 valence electrons. The Morgan fingerprint density at radius 3 is 2.19 bits per heavy atom. The van der Waals surface area contributed by atoms with Gasteiger partial charge in [0.15, 0.2) is 6.04 Å². The van der Waals surface area contributed by atoms with Crippen LogP contribution < -0.4 is 5.32 Å². The molecule has 5 nitrogen and oxygen atoms in total. The molecule has 0 saturated heterocycles. The zero-order chi connectivity index (χ0) is 22.5. The third-order valence-corrected chi connectivity index (χ3v) is 5.98. The molecule has 0 spiro atoms. The van der Waals surface area contributed by atoms with Crippen LogP contribution in [0, 0.1) is 0 Å². The maximum Gasteiger partial charge on any atom is 0.333 e. The normalized spacial score (nSPS) is 11.7. The standard InChI is InChI=1S/C26H22N2O3S/c1-31-26(30)23(18-13-7-4-8-14-18)28-25(29)21-19-15-9-10-16-20(19)27-22(24(21)32-2)17-11-5-3-6-12-17/h3-16,23H,1-2H3,(H,28,29). The van der Waals surface area contributed by atoms with Crippen molar-refractivity contribution in [1.82, 2.24) is 10.3 Å². The largest absolute Gasteiger partial charge is 0.467 e. The fraction of sp³-hybridized carbons (Fsp3) is 0.115. The van der Waals surface area contributed by atoms with Crippen LogP contribution in [0.15, 0.2) is 89.8 Å². The van der Waals surface area contributed by atoms with Crippen LogP contribution in [0.25, 0.3) is 22.2 Å². The van der Waals surface area contributed by atoms with Crippen LogP contribution in [-0.2, 0) is 9.53 Å². The van der Waals surface area contributed by atoms with Crippen molar-refractivity contribution in [3.05, 3.63) is 96.1 Å². The van der Waals surface area contributed by atoms with E-state index in [1.54, 1.807) is 12.1 Å². The number of fused-ring (bicyclic) bond motifs is 1. The van der Waals surface area contributed by atoms with E-state index < -0.39 is 12.0 Å². The predicted molar refractivity (Wildman–Crippen MR) is 128 cm³/mol. The lowest BCUT2D eigenvalue weighted by Gasteiger charge is -2.20. The third-order valence-electron chi connectivity index (χ3n) is 5.17. The predicted octanol–water partition coefficient (Wildman–Crippen LogP) is 5.27. The van der Waals surface area contributed by atoms with Crippen LogP contribution in [0.2, 0.25) is 0 Å². The van der Waals surface area contributed by atoms with Crippen molar-refractivity contribution in [2.45, 2.75) is 10.9 Å². The SMILES string of the molecule is COC(=O)C(NC(=O)c1c(SC)c(-c2ccccc2)nc2ccccc12)c1ccccc1. The van der Waals surface area contributed by atoms with E-state index in [9.17, 15) is 9.59 Å². The molecule has 0 fully saturated rings. The number of aromatic nitrogens is 1. The summed E-state index contributed by atoms with van der Waals surface area (Å²) in [5.74, 6) is -0.888. The minimum absolute atomic E-state index is 0.357. The number of pyridine rings is 1. The van der Waals surface area contributed by atoms with E-state index in [1.807, 2.05) is 79.1 Å². The van der Waals surface area contributed by atoms with Gasteiger partial charge in [-0.15, -0.1) is 11.8 Å². The van der Waals surface area contributed by atoms with Crippen LogP contribution in [-0.4, -0.2) is 30.2 Å². The van der Waals surface area contributed by atoms with E-state index in [0.29, 0.717) is 16.6 Å². The molecule has 0 bridgehead atoms. The number of carbonyl (C=O) groups excluding carboxylic acids is 2. The molecule has 32 heavy (non-hydrogen) atoms. The van der Waals surface area contributed by atoms with Crippen molar-refractivity contribution in [3.8, 4) is 11.3 Å². The zero-order valence-electron chi connectivity index (χ0n) is 17.7. The molecule has 0 aliphatic carbocycles. The highest BCUT2D eigenvalue weighted by Gasteiger charge is 2.27. The highest BCUT2D eigenvalue weighted by atomic mass is 32.2. The second-order valence-electron chi connectivity index (χ2n) is 7.09. The number of ether oxygens (including phenoxy) is 1. The molecule has 3 aromatic carbocycles. The summed E-state index contributed by atoms with van der Waals surface area (Å²) in [5, 5.41) is 3.62. The van der Waals surface area contributed by atoms with Crippen LogP contribution >= 0.6 is 11.8 Å². The summed E-state index contributed by atoms with van der Waals surface area (Å²) in [6.07, 6.45) is 1.92. The number of benzene rings is 3. The molecule has 1 atom stereocenters. The van der Waals surface area contributed by atoms with Gasteiger partial charge in [-0.1, -0.05) is 78.9 Å². The molecule has 0 aliphatic heterocycles. The minimum Gasteiger partial charge on any atom is -0.467 e. The quantitative estimate of drug-likeness (QED) is 0.326. The van der Waals surface area contributed by atoms with Crippen molar-refractivity contribution in [2.24, 2.45) is 0 Å². The lowest BCUT2D eigenvalue weighted by Crippen LogP contribution is -2.35. The number of carbonyl (C=O) groups is 2. The van der Waals surface area contributed by atoms with Gasteiger partial charge in [-0.2, -0.15) is 0 Å². The molecule has 1 amide bonds. The molecule has 1 unspecified atom stereocenters. The first-order valence-corrected chi connectivity index (χ1v) is 11.3. The number of esters is 1. The van der Waals surface area contributed by atoms with Gasteiger partial charge >= 0.3 is 5.97 Å². The van der Waals surface area contributed by atoms with E-state index in [4.69, 9.17) is 9.72 Å². The summed E-state index contributed by atoms with van der Waals surface area (Å²) < 4.78 is 4.97. The summed E-state index contributed by atoms with van der Waals surface area (Å²) in [4.78, 5) is 31.8. The Labute approximate surface area is 190 Å².